The van der Waals surface area contributed by atoms with Gasteiger partial charge in [-0.25, -0.2) is 13.2 Å². The molecule has 0 unspecified atom stereocenters. The second-order valence-corrected chi connectivity index (χ2v) is 8.02. The van der Waals surface area contributed by atoms with Crippen LogP contribution in [0.5, 0.6) is 0 Å². The number of halogens is 1. The molecular weight excluding hydrogens is 358 g/mol. The largest absolute Gasteiger partial charge is 0.478 e. The highest BCUT2D eigenvalue weighted by Gasteiger charge is 2.32. The molecule has 0 amide bonds. The number of rotatable bonds is 7. The molecule has 1 aromatic carbocycles. The third-order valence-corrected chi connectivity index (χ3v) is 6.29. The number of carbonyl (C=O) groups is 1. The molecule has 1 saturated carbocycles. The van der Waals surface area contributed by atoms with Gasteiger partial charge < -0.3 is 5.11 Å². The van der Waals surface area contributed by atoms with Crippen molar-refractivity contribution < 1.29 is 18.3 Å². The molecular formula is C14H18BrNO4S. The Kier molecular flexibility index (Phi) is 5.06. The fourth-order valence-corrected chi connectivity index (χ4v) is 4.68. The highest BCUT2D eigenvalue weighted by molar-refractivity contribution is 9.10. The highest BCUT2D eigenvalue weighted by Crippen LogP contribution is 2.33. The quantitative estimate of drug-likeness (QED) is 0.794. The molecule has 1 aliphatic carbocycles. The van der Waals surface area contributed by atoms with Crippen LogP contribution in [0.25, 0.3) is 0 Å². The fraction of sp³-hybridized carbons (Fsp3) is 0.500. The molecule has 1 aromatic rings. The van der Waals surface area contributed by atoms with Crippen molar-refractivity contribution in [2.45, 2.75) is 31.1 Å². The molecule has 7 heteroatoms. The van der Waals surface area contributed by atoms with E-state index in [0.717, 1.165) is 19.3 Å². The Bertz CT molecular complexity index is 640. The van der Waals surface area contributed by atoms with Gasteiger partial charge in [0, 0.05) is 17.6 Å². The van der Waals surface area contributed by atoms with Crippen LogP contribution in [0.15, 0.2) is 27.6 Å². The van der Waals surface area contributed by atoms with Gasteiger partial charge in [0.1, 0.15) is 0 Å². The molecule has 0 spiro atoms. The average molecular weight is 376 g/mol. The van der Waals surface area contributed by atoms with Crippen molar-refractivity contribution in [3.05, 3.63) is 28.2 Å². The third kappa shape index (κ3) is 3.84. The van der Waals surface area contributed by atoms with Crippen LogP contribution in [0.2, 0.25) is 0 Å². The first-order valence-electron chi connectivity index (χ1n) is 6.89. The zero-order valence-electron chi connectivity index (χ0n) is 11.8. The molecule has 116 valence electrons. The van der Waals surface area contributed by atoms with E-state index < -0.39 is 16.0 Å². The molecule has 21 heavy (non-hydrogen) atoms. The lowest BCUT2D eigenvalue weighted by molar-refractivity contribution is 0.0696. The summed E-state index contributed by atoms with van der Waals surface area (Å²) in [6.07, 6.45) is 2.85. The highest BCUT2D eigenvalue weighted by atomic mass is 79.9. The number of sulfonamides is 1. The number of carboxylic acid groups (broad SMARTS) is 1. The molecule has 0 atom stereocenters. The average Bonchev–Trinajstić information content (AvgIpc) is 3.22. The van der Waals surface area contributed by atoms with Crippen molar-refractivity contribution in [2.75, 3.05) is 13.1 Å². The van der Waals surface area contributed by atoms with Crippen LogP contribution >= 0.6 is 15.9 Å². The lowest BCUT2D eigenvalue weighted by Gasteiger charge is -2.22. The second kappa shape index (κ2) is 6.46. The molecule has 1 aliphatic rings. The topological polar surface area (TPSA) is 74.7 Å². The van der Waals surface area contributed by atoms with Crippen LogP contribution in [0.3, 0.4) is 0 Å². The third-order valence-electron chi connectivity index (χ3n) is 3.43. The van der Waals surface area contributed by atoms with Crippen LogP contribution in [-0.4, -0.2) is 36.9 Å². The summed E-state index contributed by atoms with van der Waals surface area (Å²) in [5.41, 5.74) is -0.0281. The van der Waals surface area contributed by atoms with Crippen LogP contribution in [-0.2, 0) is 10.0 Å². The molecule has 1 N–H and O–H groups in total. The predicted molar refractivity (Wildman–Crippen MR) is 82.9 cm³/mol. The monoisotopic (exact) mass is 375 g/mol. The van der Waals surface area contributed by atoms with E-state index >= 15 is 0 Å². The SMILES string of the molecule is CCCN(CC1CC1)S(=O)(=O)c1cc(C(=O)O)ccc1Br. The van der Waals surface area contributed by atoms with E-state index in [2.05, 4.69) is 15.9 Å². The van der Waals surface area contributed by atoms with Crippen molar-refractivity contribution in [1.29, 1.82) is 0 Å². The minimum Gasteiger partial charge on any atom is -0.478 e. The maximum atomic E-state index is 12.8. The summed E-state index contributed by atoms with van der Waals surface area (Å²) in [6, 6.07) is 4.07. The van der Waals surface area contributed by atoms with Gasteiger partial charge in [-0.05, 0) is 59.3 Å². The van der Waals surface area contributed by atoms with Gasteiger partial charge >= 0.3 is 5.97 Å². The molecule has 0 aliphatic heterocycles. The zero-order chi connectivity index (χ0) is 15.6. The number of aromatic carboxylic acids is 1. The zero-order valence-corrected chi connectivity index (χ0v) is 14.2. The number of benzene rings is 1. The van der Waals surface area contributed by atoms with Gasteiger partial charge in [0.25, 0.3) is 0 Å². The standard InChI is InChI=1S/C14H18BrNO4S/c1-2-7-16(9-10-3-4-10)21(19,20)13-8-11(14(17)18)5-6-12(13)15/h5-6,8,10H,2-4,7,9H2,1H3,(H,17,18). The molecule has 1 fully saturated rings. The van der Waals surface area contributed by atoms with E-state index in [1.54, 1.807) is 0 Å². The summed E-state index contributed by atoms with van der Waals surface area (Å²) in [4.78, 5) is 11.1. The van der Waals surface area contributed by atoms with Gasteiger partial charge in [0.2, 0.25) is 10.0 Å². The molecule has 5 nitrogen and oxygen atoms in total. The number of nitrogens with zero attached hydrogens (tertiary/aromatic N) is 1. The Balaban J connectivity index is 2.40. The maximum Gasteiger partial charge on any atom is 0.335 e. The Hall–Kier alpha value is -0.920. The van der Waals surface area contributed by atoms with Gasteiger partial charge in [0.05, 0.1) is 10.5 Å². The van der Waals surface area contributed by atoms with E-state index in [-0.39, 0.29) is 10.5 Å². The summed E-state index contributed by atoms with van der Waals surface area (Å²) < 4.78 is 27.4. The van der Waals surface area contributed by atoms with Crippen molar-refractivity contribution in [1.82, 2.24) is 4.31 Å². The van der Waals surface area contributed by atoms with Gasteiger partial charge in [-0.1, -0.05) is 6.92 Å². The second-order valence-electron chi connectivity index (χ2n) is 5.26. The minimum atomic E-state index is -3.68. The van der Waals surface area contributed by atoms with Gasteiger partial charge in [-0.3, -0.25) is 0 Å². The van der Waals surface area contributed by atoms with Crippen LogP contribution in [0, 0.1) is 5.92 Å². The molecule has 0 radical (unpaired) electrons. The number of carboxylic acids is 1. The molecule has 2 rings (SSSR count). The predicted octanol–water partition coefficient (Wildman–Crippen LogP) is 2.96. The van der Waals surface area contributed by atoms with Gasteiger partial charge in [-0.15, -0.1) is 0 Å². The Morgan fingerprint density at radius 3 is 2.62 bits per heavy atom. The summed E-state index contributed by atoms with van der Waals surface area (Å²) in [6.45, 7) is 2.89. The first kappa shape index (κ1) is 16.5. The van der Waals surface area contributed by atoms with Crippen LogP contribution < -0.4 is 0 Å². The van der Waals surface area contributed by atoms with E-state index in [4.69, 9.17) is 5.11 Å². The fourth-order valence-electron chi connectivity index (χ4n) is 2.12. The van der Waals surface area contributed by atoms with Crippen LogP contribution in [0.1, 0.15) is 36.5 Å². The Morgan fingerprint density at radius 1 is 1.43 bits per heavy atom. The normalized spacial score (nSPS) is 15.4. The lowest BCUT2D eigenvalue weighted by atomic mass is 10.2. The Morgan fingerprint density at radius 2 is 2.10 bits per heavy atom. The molecule has 0 bridgehead atoms. The molecule has 0 saturated heterocycles. The van der Waals surface area contributed by atoms with E-state index in [1.165, 1.54) is 22.5 Å². The van der Waals surface area contributed by atoms with Gasteiger partial charge in [0.15, 0.2) is 0 Å². The first-order valence-corrected chi connectivity index (χ1v) is 9.12. The first-order chi connectivity index (χ1) is 9.86. The smallest absolute Gasteiger partial charge is 0.335 e. The lowest BCUT2D eigenvalue weighted by Crippen LogP contribution is -2.34. The van der Waals surface area contributed by atoms with Gasteiger partial charge in [-0.2, -0.15) is 4.31 Å². The van der Waals surface area contributed by atoms with E-state index in [0.29, 0.717) is 23.5 Å². The Labute approximate surface area is 133 Å². The van der Waals surface area contributed by atoms with Crippen molar-refractivity contribution in [3.63, 3.8) is 0 Å². The van der Waals surface area contributed by atoms with Crippen molar-refractivity contribution in [2.24, 2.45) is 5.92 Å². The minimum absolute atomic E-state index is 0.0245. The van der Waals surface area contributed by atoms with E-state index in [9.17, 15) is 13.2 Å². The summed E-state index contributed by atoms with van der Waals surface area (Å²) in [7, 11) is -3.68. The van der Waals surface area contributed by atoms with E-state index in [1.807, 2.05) is 6.92 Å². The van der Waals surface area contributed by atoms with Crippen LogP contribution in [0.4, 0.5) is 0 Å². The summed E-state index contributed by atoms with van der Waals surface area (Å²) in [5.74, 6) is -0.698. The number of hydrogen-bond acceptors (Lipinski definition) is 3. The molecule has 0 heterocycles. The number of hydrogen-bond donors (Lipinski definition) is 1. The van der Waals surface area contributed by atoms with Crippen molar-refractivity contribution in [3.8, 4) is 0 Å². The molecule has 0 aromatic heterocycles. The summed E-state index contributed by atoms with van der Waals surface area (Å²) in [5, 5.41) is 9.04. The van der Waals surface area contributed by atoms with Crippen molar-refractivity contribution >= 4 is 31.9 Å². The summed E-state index contributed by atoms with van der Waals surface area (Å²) >= 11 is 3.22. The maximum absolute atomic E-state index is 12.8.